The summed E-state index contributed by atoms with van der Waals surface area (Å²) in [6.07, 6.45) is 3.47. The van der Waals surface area contributed by atoms with Crippen molar-refractivity contribution in [2.75, 3.05) is 6.54 Å². The Morgan fingerprint density at radius 1 is 1.28 bits per heavy atom. The molecule has 0 radical (unpaired) electrons. The van der Waals surface area contributed by atoms with Crippen LogP contribution in [0.1, 0.15) is 37.3 Å². The minimum Gasteiger partial charge on any atom is -0.314 e. The first-order valence-corrected chi connectivity index (χ1v) is 6.70. The third-order valence-electron chi connectivity index (χ3n) is 4.51. The monoisotopic (exact) mass is 251 g/mol. The number of hydrogen-bond donors (Lipinski definition) is 1. The lowest BCUT2D eigenvalue weighted by Gasteiger charge is -2.14. The van der Waals surface area contributed by atoms with Gasteiger partial charge in [-0.3, -0.25) is 0 Å². The first-order chi connectivity index (χ1) is 8.50. The predicted molar refractivity (Wildman–Crippen MR) is 67.6 cm³/mol. The number of rotatable bonds is 4. The van der Waals surface area contributed by atoms with Gasteiger partial charge in [0.2, 0.25) is 0 Å². The summed E-state index contributed by atoms with van der Waals surface area (Å²) in [6, 6.07) is 3.39. The van der Waals surface area contributed by atoms with Crippen LogP contribution in [-0.2, 0) is 5.41 Å². The minimum atomic E-state index is -0.298. The molecule has 1 N–H and O–H groups in total. The Bertz CT molecular complexity index is 482. The van der Waals surface area contributed by atoms with Crippen molar-refractivity contribution < 1.29 is 8.78 Å². The highest BCUT2D eigenvalue weighted by Gasteiger charge is 2.52. The van der Waals surface area contributed by atoms with Crippen LogP contribution in [0, 0.1) is 24.5 Å². The van der Waals surface area contributed by atoms with Crippen LogP contribution in [0.15, 0.2) is 12.1 Å². The molecule has 18 heavy (non-hydrogen) atoms. The topological polar surface area (TPSA) is 12.0 Å². The average Bonchev–Trinajstić information content (AvgIpc) is 3.18. The highest BCUT2D eigenvalue weighted by molar-refractivity contribution is 5.37. The number of nitrogens with one attached hydrogen (secondary N) is 1. The van der Waals surface area contributed by atoms with E-state index in [0.717, 1.165) is 13.0 Å². The molecular weight excluding hydrogens is 232 g/mol. The van der Waals surface area contributed by atoms with Gasteiger partial charge in [-0.25, -0.2) is 8.78 Å². The molecule has 1 aromatic rings. The predicted octanol–water partition coefficient (Wildman–Crippen LogP) is 3.30. The minimum absolute atomic E-state index is 0.180. The molecule has 1 aromatic carbocycles. The third kappa shape index (κ3) is 2.05. The van der Waals surface area contributed by atoms with Gasteiger partial charge >= 0.3 is 0 Å². The van der Waals surface area contributed by atoms with Gasteiger partial charge in [-0.15, -0.1) is 0 Å². The average molecular weight is 251 g/mol. The zero-order chi connectivity index (χ0) is 12.9. The van der Waals surface area contributed by atoms with Crippen LogP contribution in [0.25, 0.3) is 0 Å². The Kier molecular flexibility index (Phi) is 2.70. The van der Waals surface area contributed by atoms with Crippen LogP contribution in [-0.4, -0.2) is 12.6 Å². The maximum Gasteiger partial charge on any atom is 0.127 e. The fraction of sp³-hybridized carbons (Fsp3) is 0.600. The van der Waals surface area contributed by atoms with E-state index in [4.69, 9.17) is 0 Å². The lowest BCUT2D eigenvalue weighted by Crippen LogP contribution is -2.22. The van der Waals surface area contributed by atoms with Gasteiger partial charge in [-0.1, -0.05) is 6.92 Å². The summed E-state index contributed by atoms with van der Waals surface area (Å²) in [7, 11) is 0. The maximum atomic E-state index is 14.0. The largest absolute Gasteiger partial charge is 0.314 e. The van der Waals surface area contributed by atoms with Gasteiger partial charge in [0.25, 0.3) is 0 Å². The first-order valence-electron chi connectivity index (χ1n) is 6.70. The lowest BCUT2D eigenvalue weighted by atomic mass is 9.93. The SMILES string of the molecule is Cc1cc(F)c(C2(C)CC2CNC2CC2)cc1F. The summed E-state index contributed by atoms with van der Waals surface area (Å²) in [5.74, 6) is -0.117. The van der Waals surface area contributed by atoms with Gasteiger partial charge in [0.15, 0.2) is 0 Å². The van der Waals surface area contributed by atoms with Crippen molar-refractivity contribution in [3.8, 4) is 0 Å². The Labute approximate surface area is 107 Å². The molecule has 0 heterocycles. The molecule has 3 rings (SSSR count). The molecule has 0 bridgehead atoms. The molecule has 0 amide bonds. The van der Waals surface area contributed by atoms with E-state index in [1.54, 1.807) is 6.92 Å². The Morgan fingerprint density at radius 2 is 2.00 bits per heavy atom. The van der Waals surface area contributed by atoms with Crippen LogP contribution < -0.4 is 5.32 Å². The van der Waals surface area contributed by atoms with Crippen LogP contribution in [0.2, 0.25) is 0 Å². The van der Waals surface area contributed by atoms with Gasteiger partial charge in [0, 0.05) is 6.04 Å². The molecule has 0 aromatic heterocycles. The number of halogens is 2. The standard InChI is InChI=1S/C15H19F2N/c1-9-5-14(17)12(6-13(9)16)15(2)7-10(15)8-18-11-3-4-11/h5-6,10-11,18H,3-4,7-8H2,1-2H3. The van der Waals surface area contributed by atoms with E-state index in [-0.39, 0.29) is 17.0 Å². The second-order valence-corrected chi connectivity index (χ2v) is 6.08. The molecule has 1 nitrogen and oxygen atoms in total. The molecule has 0 aliphatic heterocycles. The third-order valence-corrected chi connectivity index (χ3v) is 4.51. The summed E-state index contributed by atoms with van der Waals surface area (Å²) in [5.41, 5.74) is 0.752. The fourth-order valence-electron chi connectivity index (χ4n) is 2.76. The molecule has 2 aliphatic rings. The quantitative estimate of drug-likeness (QED) is 0.865. The van der Waals surface area contributed by atoms with Gasteiger partial charge < -0.3 is 5.32 Å². The molecule has 2 unspecified atom stereocenters. The van der Waals surface area contributed by atoms with Crippen molar-refractivity contribution in [2.45, 2.75) is 44.6 Å². The maximum absolute atomic E-state index is 14.0. The molecular formula is C15H19F2N. The number of benzene rings is 1. The second kappa shape index (κ2) is 4.02. The van der Waals surface area contributed by atoms with E-state index in [1.165, 1.54) is 25.0 Å². The Hall–Kier alpha value is -0.960. The van der Waals surface area contributed by atoms with Gasteiger partial charge in [0.05, 0.1) is 0 Å². The molecule has 2 saturated carbocycles. The molecule has 0 saturated heterocycles. The van der Waals surface area contributed by atoms with E-state index < -0.39 is 0 Å². The van der Waals surface area contributed by atoms with Crippen molar-refractivity contribution in [1.29, 1.82) is 0 Å². The van der Waals surface area contributed by atoms with Crippen LogP contribution >= 0.6 is 0 Å². The normalized spacial score (nSPS) is 30.6. The Morgan fingerprint density at radius 3 is 2.67 bits per heavy atom. The van der Waals surface area contributed by atoms with E-state index in [2.05, 4.69) is 5.32 Å². The van der Waals surface area contributed by atoms with E-state index in [0.29, 0.717) is 23.1 Å². The summed E-state index contributed by atoms with van der Waals surface area (Å²) >= 11 is 0. The smallest absolute Gasteiger partial charge is 0.127 e. The summed E-state index contributed by atoms with van der Waals surface area (Å²) in [4.78, 5) is 0. The molecule has 2 atom stereocenters. The molecule has 2 aliphatic carbocycles. The van der Waals surface area contributed by atoms with Crippen LogP contribution in [0.3, 0.4) is 0 Å². The second-order valence-electron chi connectivity index (χ2n) is 6.08. The summed E-state index contributed by atoms with van der Waals surface area (Å²) in [6.45, 7) is 4.57. The van der Waals surface area contributed by atoms with Crippen molar-refractivity contribution >= 4 is 0 Å². The van der Waals surface area contributed by atoms with E-state index in [1.807, 2.05) is 6.92 Å². The van der Waals surface area contributed by atoms with Crippen molar-refractivity contribution in [3.05, 3.63) is 34.9 Å². The molecule has 0 spiro atoms. The molecule has 98 valence electrons. The van der Waals surface area contributed by atoms with Crippen LogP contribution in [0.5, 0.6) is 0 Å². The van der Waals surface area contributed by atoms with Crippen molar-refractivity contribution in [3.63, 3.8) is 0 Å². The van der Waals surface area contributed by atoms with Crippen molar-refractivity contribution in [1.82, 2.24) is 5.32 Å². The first kappa shape index (κ1) is 12.1. The van der Waals surface area contributed by atoms with Gasteiger partial charge in [0.1, 0.15) is 11.6 Å². The molecule has 3 heteroatoms. The highest BCUT2D eigenvalue weighted by Crippen LogP contribution is 2.54. The summed E-state index contributed by atoms with van der Waals surface area (Å²) in [5, 5.41) is 3.47. The lowest BCUT2D eigenvalue weighted by molar-refractivity contribution is 0.528. The summed E-state index contributed by atoms with van der Waals surface area (Å²) < 4.78 is 27.6. The van der Waals surface area contributed by atoms with Gasteiger partial charge in [-0.05, 0) is 67.3 Å². The zero-order valence-electron chi connectivity index (χ0n) is 10.9. The highest BCUT2D eigenvalue weighted by atomic mass is 19.1. The van der Waals surface area contributed by atoms with E-state index in [9.17, 15) is 8.78 Å². The Balaban J connectivity index is 1.76. The van der Waals surface area contributed by atoms with E-state index >= 15 is 0 Å². The van der Waals surface area contributed by atoms with Crippen molar-refractivity contribution in [2.24, 2.45) is 5.92 Å². The number of hydrogen-bond acceptors (Lipinski definition) is 1. The zero-order valence-corrected chi connectivity index (χ0v) is 10.9. The fourth-order valence-corrected chi connectivity index (χ4v) is 2.76. The van der Waals surface area contributed by atoms with Crippen LogP contribution in [0.4, 0.5) is 8.78 Å². The molecule has 2 fully saturated rings. The van der Waals surface area contributed by atoms with Gasteiger partial charge in [-0.2, -0.15) is 0 Å². The number of aryl methyl sites for hydroxylation is 1.